The second-order valence-electron chi connectivity index (χ2n) is 5.53. The van der Waals surface area contributed by atoms with Crippen LogP contribution in [0.25, 0.3) is 0 Å². The third-order valence-corrected chi connectivity index (χ3v) is 5.38. The molecule has 3 rings (SSSR count). The average Bonchev–Trinajstić information content (AvgIpc) is 2.39. The van der Waals surface area contributed by atoms with Gasteiger partial charge in [0.1, 0.15) is 0 Å². The van der Waals surface area contributed by atoms with Gasteiger partial charge < -0.3 is 5.11 Å². The van der Waals surface area contributed by atoms with Gasteiger partial charge in [0.2, 0.25) is 0 Å². The highest BCUT2D eigenvalue weighted by molar-refractivity contribution is 5.73. The number of carboxylic acid groups (broad SMARTS) is 1. The van der Waals surface area contributed by atoms with Crippen molar-refractivity contribution in [2.45, 2.75) is 34.1 Å². The largest absolute Gasteiger partial charge is 0.481 e. The van der Waals surface area contributed by atoms with Crippen LogP contribution >= 0.6 is 0 Å². The van der Waals surface area contributed by atoms with E-state index in [2.05, 4.69) is 27.7 Å². The molecule has 0 aromatic rings. The van der Waals surface area contributed by atoms with Gasteiger partial charge in [-0.3, -0.25) is 4.79 Å². The highest BCUT2D eigenvalue weighted by Crippen LogP contribution is 2.75. The molecular weight excluding hydrogens is 164 g/mol. The first-order valence-electron chi connectivity index (χ1n) is 5.06. The van der Waals surface area contributed by atoms with Crippen molar-refractivity contribution in [3.05, 3.63) is 0 Å². The van der Waals surface area contributed by atoms with Crippen LogP contribution in [0.5, 0.6) is 0 Å². The smallest absolute Gasteiger partial charge is 0.307 e. The maximum Gasteiger partial charge on any atom is 0.307 e. The van der Waals surface area contributed by atoms with E-state index in [9.17, 15) is 4.79 Å². The Morgan fingerprint density at radius 3 is 2.08 bits per heavy atom. The van der Waals surface area contributed by atoms with Gasteiger partial charge in [-0.25, -0.2) is 0 Å². The minimum atomic E-state index is -0.595. The molecule has 0 aromatic carbocycles. The molecule has 4 atom stereocenters. The van der Waals surface area contributed by atoms with E-state index in [4.69, 9.17) is 5.11 Å². The highest BCUT2D eigenvalue weighted by Gasteiger charge is 2.72. The number of rotatable bonds is 1. The molecule has 3 saturated carbocycles. The summed E-state index contributed by atoms with van der Waals surface area (Å²) in [6.07, 6.45) is 0.889. The Hall–Kier alpha value is -0.530. The molecular formula is C11H18O2. The van der Waals surface area contributed by atoms with Crippen LogP contribution in [-0.2, 0) is 4.79 Å². The topological polar surface area (TPSA) is 37.3 Å². The lowest BCUT2D eigenvalue weighted by atomic mass is 9.44. The SMILES string of the molecule is CC1C2CC(C(=O)O)C1(C)C2(C)C. The molecule has 2 nitrogen and oxygen atoms in total. The zero-order valence-electron chi connectivity index (χ0n) is 8.79. The summed E-state index contributed by atoms with van der Waals surface area (Å²) in [6, 6.07) is 0. The van der Waals surface area contributed by atoms with E-state index in [-0.39, 0.29) is 16.7 Å². The maximum atomic E-state index is 11.1. The van der Waals surface area contributed by atoms with Crippen LogP contribution in [0.1, 0.15) is 34.1 Å². The molecule has 0 amide bonds. The van der Waals surface area contributed by atoms with Crippen LogP contribution in [0.4, 0.5) is 0 Å². The van der Waals surface area contributed by atoms with E-state index in [0.717, 1.165) is 6.42 Å². The molecule has 0 aliphatic heterocycles. The van der Waals surface area contributed by atoms with Crippen LogP contribution in [-0.4, -0.2) is 11.1 Å². The summed E-state index contributed by atoms with van der Waals surface area (Å²) in [6.45, 7) is 8.81. The molecule has 0 aromatic heterocycles. The molecule has 0 saturated heterocycles. The van der Waals surface area contributed by atoms with E-state index >= 15 is 0 Å². The van der Waals surface area contributed by atoms with E-state index in [1.807, 2.05) is 0 Å². The fraction of sp³-hybridized carbons (Fsp3) is 0.909. The first-order valence-corrected chi connectivity index (χ1v) is 5.06. The molecule has 3 aliphatic carbocycles. The van der Waals surface area contributed by atoms with Crippen molar-refractivity contribution in [3.63, 3.8) is 0 Å². The van der Waals surface area contributed by atoms with Gasteiger partial charge in [-0.1, -0.05) is 27.7 Å². The van der Waals surface area contributed by atoms with Crippen molar-refractivity contribution in [2.24, 2.45) is 28.6 Å². The Morgan fingerprint density at radius 2 is 1.92 bits per heavy atom. The Balaban J connectivity index is 2.38. The minimum Gasteiger partial charge on any atom is -0.481 e. The summed E-state index contributed by atoms with van der Waals surface area (Å²) < 4.78 is 0. The summed E-state index contributed by atoms with van der Waals surface area (Å²) >= 11 is 0. The summed E-state index contributed by atoms with van der Waals surface area (Å²) in [7, 11) is 0. The normalized spacial score (nSPS) is 51.5. The molecule has 2 bridgehead atoms. The van der Waals surface area contributed by atoms with Gasteiger partial charge in [0.25, 0.3) is 0 Å². The molecule has 1 N–H and O–H groups in total. The highest BCUT2D eigenvalue weighted by atomic mass is 16.4. The number of hydrogen-bond acceptors (Lipinski definition) is 1. The van der Waals surface area contributed by atoms with Crippen molar-refractivity contribution in [2.75, 3.05) is 0 Å². The second-order valence-corrected chi connectivity index (χ2v) is 5.53. The van der Waals surface area contributed by atoms with Crippen molar-refractivity contribution >= 4 is 5.97 Å². The molecule has 4 unspecified atom stereocenters. The van der Waals surface area contributed by atoms with Crippen molar-refractivity contribution < 1.29 is 9.90 Å². The van der Waals surface area contributed by atoms with Gasteiger partial charge in [0, 0.05) is 0 Å². The number of hydrogen-bond donors (Lipinski definition) is 1. The Morgan fingerprint density at radius 1 is 1.38 bits per heavy atom. The summed E-state index contributed by atoms with van der Waals surface area (Å²) in [5.74, 6) is 0.507. The lowest BCUT2D eigenvalue weighted by Gasteiger charge is -2.59. The molecule has 2 heteroatoms. The zero-order valence-corrected chi connectivity index (χ0v) is 8.79. The zero-order chi connectivity index (χ0) is 10.0. The van der Waals surface area contributed by atoms with Gasteiger partial charge in [-0.05, 0) is 29.1 Å². The summed E-state index contributed by atoms with van der Waals surface area (Å²) in [5, 5.41) is 9.13. The average molecular weight is 182 g/mol. The fourth-order valence-corrected chi connectivity index (χ4v) is 4.05. The van der Waals surface area contributed by atoms with Crippen molar-refractivity contribution in [3.8, 4) is 0 Å². The van der Waals surface area contributed by atoms with Gasteiger partial charge in [-0.2, -0.15) is 0 Å². The minimum absolute atomic E-state index is 0.0313. The van der Waals surface area contributed by atoms with Crippen LogP contribution in [0.15, 0.2) is 0 Å². The van der Waals surface area contributed by atoms with Gasteiger partial charge >= 0.3 is 5.97 Å². The lowest BCUT2D eigenvalue weighted by molar-refractivity contribution is -0.160. The first-order chi connectivity index (χ1) is 5.83. The molecule has 13 heavy (non-hydrogen) atoms. The monoisotopic (exact) mass is 182 g/mol. The standard InChI is InChI=1S/C11H18O2/c1-6-7-5-8(9(12)13)11(6,4)10(7,2)3/h6-8H,5H2,1-4H3,(H,12,13). The molecule has 3 fully saturated rings. The quantitative estimate of drug-likeness (QED) is 0.676. The van der Waals surface area contributed by atoms with Crippen LogP contribution in [0, 0.1) is 28.6 Å². The van der Waals surface area contributed by atoms with Crippen LogP contribution in [0.3, 0.4) is 0 Å². The van der Waals surface area contributed by atoms with E-state index in [0.29, 0.717) is 11.8 Å². The van der Waals surface area contributed by atoms with Gasteiger partial charge in [-0.15, -0.1) is 0 Å². The number of carbonyl (C=O) groups is 1. The molecule has 3 aliphatic rings. The van der Waals surface area contributed by atoms with Crippen molar-refractivity contribution in [1.29, 1.82) is 0 Å². The molecule has 74 valence electrons. The second kappa shape index (κ2) is 2.10. The summed E-state index contributed by atoms with van der Waals surface area (Å²) in [4.78, 5) is 11.1. The molecule has 0 radical (unpaired) electrons. The molecule has 0 heterocycles. The Kier molecular flexibility index (Phi) is 1.46. The number of aliphatic carboxylic acids is 1. The number of carboxylic acids is 1. The van der Waals surface area contributed by atoms with Gasteiger partial charge in [0.05, 0.1) is 5.92 Å². The summed E-state index contributed by atoms with van der Waals surface area (Å²) in [5.41, 5.74) is 0.263. The maximum absolute atomic E-state index is 11.1. The van der Waals surface area contributed by atoms with E-state index in [1.54, 1.807) is 0 Å². The van der Waals surface area contributed by atoms with Gasteiger partial charge in [0.15, 0.2) is 0 Å². The van der Waals surface area contributed by atoms with Crippen molar-refractivity contribution in [1.82, 2.24) is 0 Å². The van der Waals surface area contributed by atoms with E-state index in [1.165, 1.54) is 0 Å². The predicted octanol–water partition coefficient (Wildman–Crippen LogP) is 2.39. The first kappa shape index (κ1) is 9.04. The number of fused-ring (bicyclic) bond motifs is 1. The lowest BCUT2D eigenvalue weighted by Crippen LogP contribution is -2.56. The Labute approximate surface area is 79.3 Å². The molecule has 0 spiro atoms. The predicted molar refractivity (Wildman–Crippen MR) is 50.3 cm³/mol. The van der Waals surface area contributed by atoms with E-state index < -0.39 is 5.97 Å². The fourth-order valence-electron chi connectivity index (χ4n) is 4.05. The third-order valence-electron chi connectivity index (χ3n) is 5.38. The Bertz CT molecular complexity index is 269. The van der Waals surface area contributed by atoms with Crippen LogP contribution in [0.2, 0.25) is 0 Å². The van der Waals surface area contributed by atoms with Crippen LogP contribution < -0.4 is 0 Å². The third kappa shape index (κ3) is 0.695.